The van der Waals surface area contributed by atoms with Crippen LogP contribution in [0.4, 0.5) is 0 Å². The normalized spacial score (nSPS) is 14.0. The third-order valence-electron chi connectivity index (χ3n) is 0.364. The van der Waals surface area contributed by atoms with Crippen LogP contribution in [0.2, 0.25) is 6.82 Å². The Balaban J connectivity index is 3.62. The van der Waals surface area contributed by atoms with Gasteiger partial charge in [-0.2, -0.15) is 0 Å². The molecule has 30 valence electrons. The molecule has 3 heteroatoms. The van der Waals surface area contributed by atoms with Gasteiger partial charge in [-0.3, -0.25) is 0 Å². The molecule has 0 radical (unpaired) electrons. The first kappa shape index (κ1) is 5.21. The van der Waals surface area contributed by atoms with Gasteiger partial charge in [-0.1, -0.05) is 0 Å². The summed E-state index contributed by atoms with van der Waals surface area (Å²) < 4.78 is 9.91. The van der Waals surface area contributed by atoms with Crippen LogP contribution in [0, 0.1) is 0 Å². The monoisotopic (exact) mass is 90.0 g/mol. The minimum atomic E-state index is -0.973. The Bertz CT molecular complexity index is 81.6. The summed E-state index contributed by atoms with van der Waals surface area (Å²) in [4.78, 5) is 0. The molecule has 0 fully saturated rings. The molecule has 0 aliphatic heterocycles. The summed E-state index contributed by atoms with van der Waals surface area (Å²) >= 11 is 0. The van der Waals surface area contributed by atoms with Crippen molar-refractivity contribution in [3.05, 3.63) is 0 Å². The molecule has 0 aromatic carbocycles. The molecule has 0 amide bonds. The molecule has 5 heavy (non-hydrogen) atoms. The van der Waals surface area contributed by atoms with E-state index in [-0.39, 0.29) is 0 Å². The van der Waals surface area contributed by atoms with Gasteiger partial charge in [0.1, 0.15) is 0 Å². The van der Waals surface area contributed by atoms with Crippen molar-refractivity contribution in [3.63, 3.8) is 0 Å². The summed E-state index contributed by atoms with van der Waals surface area (Å²) in [6, 6.07) is 0. The predicted octanol–water partition coefficient (Wildman–Crippen LogP) is -0.236. The second-order valence-electron chi connectivity index (χ2n) is 0.804. The van der Waals surface area contributed by atoms with E-state index in [0.717, 1.165) is 0 Å². The first-order valence-electron chi connectivity index (χ1n) is 1.47. The van der Waals surface area contributed by atoms with Crippen LogP contribution in [-0.2, 0) is 10.2 Å². The molecule has 1 atom stereocenters. The van der Waals surface area contributed by atoms with E-state index < -0.39 is 10.2 Å². The summed E-state index contributed by atoms with van der Waals surface area (Å²) in [5, 5.41) is 0. The van der Waals surface area contributed by atoms with Crippen molar-refractivity contribution in [1.29, 1.82) is 0 Å². The molecule has 0 aromatic rings. The second-order valence-corrected chi connectivity index (χ2v) is 2.41. The quantitative estimate of drug-likeness (QED) is 0.321. The Morgan fingerprint density at radius 1 is 1.80 bits per heavy atom. The first-order chi connectivity index (χ1) is 2.27. The van der Waals surface area contributed by atoms with Crippen LogP contribution < -0.4 is 0 Å². The van der Waals surface area contributed by atoms with Gasteiger partial charge in [0.2, 0.25) is 0 Å². The number of hydrogen-bond acceptors (Lipinski definition) is 1. The van der Waals surface area contributed by atoms with Gasteiger partial charge >= 0.3 is 33.7 Å². The molecule has 1 nitrogen and oxygen atoms in total. The SMILES string of the molecule is CB=[SH](C)=O. The number of rotatable bonds is 0. The van der Waals surface area contributed by atoms with E-state index in [1.165, 1.54) is 0 Å². The van der Waals surface area contributed by atoms with Crippen molar-refractivity contribution in [1.82, 2.24) is 0 Å². The number of hydrogen-bond donors (Lipinski definition) is 1. The maximum absolute atomic E-state index is 9.91. The fourth-order valence-corrected chi connectivity index (χ4v) is 0. The zero-order valence-electron chi connectivity index (χ0n) is 3.43. The van der Waals surface area contributed by atoms with Gasteiger partial charge < -0.3 is 0 Å². The average Bonchev–Trinajstić information content (AvgIpc) is 1.38. The fourth-order valence-electron chi connectivity index (χ4n) is 0. The van der Waals surface area contributed by atoms with Crippen molar-refractivity contribution >= 4 is 16.4 Å². The van der Waals surface area contributed by atoms with Gasteiger partial charge in [0.25, 0.3) is 0 Å². The van der Waals surface area contributed by atoms with Crippen molar-refractivity contribution in [2.75, 3.05) is 6.26 Å². The first-order valence-corrected chi connectivity index (χ1v) is 3.24. The molecule has 0 aliphatic rings. The van der Waals surface area contributed by atoms with Crippen LogP contribution in [0.25, 0.3) is 0 Å². The zero-order chi connectivity index (χ0) is 4.28. The zero-order valence-corrected chi connectivity index (χ0v) is 4.33. The Morgan fingerprint density at radius 3 is 2.00 bits per heavy atom. The summed E-state index contributed by atoms with van der Waals surface area (Å²) in [5.74, 6) is 0. The van der Waals surface area contributed by atoms with Crippen molar-refractivity contribution in [3.8, 4) is 0 Å². The van der Waals surface area contributed by atoms with E-state index in [0.29, 0.717) is 0 Å². The van der Waals surface area contributed by atoms with E-state index in [1.807, 2.05) is 0 Å². The van der Waals surface area contributed by atoms with E-state index >= 15 is 0 Å². The third kappa shape index (κ3) is 4.21. The number of thiol groups is 1. The minimum absolute atomic E-state index is 0.973. The Labute approximate surface area is 34.5 Å². The summed E-state index contributed by atoms with van der Waals surface area (Å²) in [7, 11) is -0.973. The van der Waals surface area contributed by atoms with E-state index in [4.69, 9.17) is 0 Å². The van der Waals surface area contributed by atoms with Crippen LogP contribution in [0.15, 0.2) is 0 Å². The van der Waals surface area contributed by atoms with Crippen LogP contribution in [0.1, 0.15) is 0 Å². The van der Waals surface area contributed by atoms with Gasteiger partial charge in [0.05, 0.1) is 0 Å². The Kier molecular flexibility index (Phi) is 2.56. The molecule has 0 saturated carbocycles. The van der Waals surface area contributed by atoms with Crippen molar-refractivity contribution in [2.24, 2.45) is 0 Å². The predicted molar refractivity (Wildman–Crippen MR) is 27.1 cm³/mol. The molecule has 0 spiro atoms. The molecule has 0 aliphatic carbocycles. The maximum atomic E-state index is 9.91. The molecular weight excluding hydrogens is 82.9 g/mol. The third-order valence-corrected chi connectivity index (χ3v) is 1.09. The van der Waals surface area contributed by atoms with Crippen molar-refractivity contribution in [2.45, 2.75) is 6.82 Å². The summed E-state index contributed by atoms with van der Waals surface area (Å²) in [6.07, 6.45) is 3.35. The van der Waals surface area contributed by atoms with Gasteiger partial charge in [-0.25, -0.2) is 0 Å². The Morgan fingerprint density at radius 2 is 2.00 bits per heavy atom. The molecule has 1 unspecified atom stereocenters. The molecule has 0 N–H and O–H groups in total. The van der Waals surface area contributed by atoms with E-state index in [2.05, 4.69) is 0 Å². The van der Waals surface area contributed by atoms with Gasteiger partial charge in [-0.05, 0) is 0 Å². The Hall–Kier alpha value is 0.215. The topological polar surface area (TPSA) is 17.1 Å². The van der Waals surface area contributed by atoms with Gasteiger partial charge in [-0.15, -0.1) is 0 Å². The van der Waals surface area contributed by atoms with Gasteiger partial charge in [0, 0.05) is 0 Å². The average molecular weight is 90.0 g/mol. The molecule has 0 saturated heterocycles. The summed E-state index contributed by atoms with van der Waals surface area (Å²) in [6.45, 7) is 1.79. The molecule has 0 rings (SSSR count). The molecule has 0 heterocycles. The van der Waals surface area contributed by atoms with Crippen LogP contribution in [0.3, 0.4) is 0 Å². The van der Waals surface area contributed by atoms with Gasteiger partial charge in [0.15, 0.2) is 0 Å². The van der Waals surface area contributed by atoms with E-state index in [9.17, 15) is 4.21 Å². The fraction of sp³-hybridized carbons (Fsp3) is 1.00. The molecule has 0 bridgehead atoms. The van der Waals surface area contributed by atoms with E-state index in [1.54, 1.807) is 19.2 Å². The standard InChI is InChI=1S/C2H7BOS/c1-3-5(2)4/h5H,1-2H3. The molecular formula is C2H7BOS. The molecule has 0 aromatic heterocycles. The second kappa shape index (κ2) is 2.45. The van der Waals surface area contributed by atoms with Crippen LogP contribution in [-0.4, -0.2) is 16.6 Å². The van der Waals surface area contributed by atoms with Crippen molar-refractivity contribution < 1.29 is 4.21 Å². The summed E-state index contributed by atoms with van der Waals surface area (Å²) in [5.41, 5.74) is 0. The van der Waals surface area contributed by atoms with Crippen LogP contribution >= 0.6 is 0 Å². The van der Waals surface area contributed by atoms with Crippen LogP contribution in [0.5, 0.6) is 0 Å².